The molecule has 3 amide bonds. The lowest BCUT2D eigenvalue weighted by Gasteiger charge is -2.15. The van der Waals surface area contributed by atoms with Gasteiger partial charge in [0.25, 0.3) is 17.7 Å². The highest BCUT2D eigenvalue weighted by Gasteiger charge is 2.19. The number of anilines is 3. The van der Waals surface area contributed by atoms with Crippen molar-refractivity contribution in [1.82, 2.24) is 0 Å². The van der Waals surface area contributed by atoms with Gasteiger partial charge in [-0.15, -0.1) is 0 Å². The van der Waals surface area contributed by atoms with Crippen LogP contribution in [0.25, 0.3) is 0 Å². The molecule has 4 rings (SSSR count). The van der Waals surface area contributed by atoms with Crippen LogP contribution in [-0.4, -0.2) is 17.7 Å². The molecule has 0 radical (unpaired) electrons. The van der Waals surface area contributed by atoms with Crippen molar-refractivity contribution >= 4 is 34.8 Å². The van der Waals surface area contributed by atoms with Crippen LogP contribution in [0.3, 0.4) is 0 Å². The van der Waals surface area contributed by atoms with E-state index in [1.807, 2.05) is 72.8 Å². The van der Waals surface area contributed by atoms with Crippen LogP contribution in [0.1, 0.15) is 87.8 Å². The van der Waals surface area contributed by atoms with Gasteiger partial charge in [0, 0.05) is 33.8 Å². The number of carbonyl (C=O) groups excluding carboxylic acids is 3. The van der Waals surface area contributed by atoms with E-state index in [0.717, 1.165) is 55.2 Å². The maximum Gasteiger partial charge on any atom is 0.255 e. The predicted molar refractivity (Wildman–Crippen MR) is 172 cm³/mol. The predicted octanol–water partition coefficient (Wildman–Crippen LogP) is 8.30. The summed E-state index contributed by atoms with van der Waals surface area (Å²) in [7, 11) is 0. The molecule has 0 heterocycles. The summed E-state index contributed by atoms with van der Waals surface area (Å²) in [5.74, 6) is -1.17. The molecule has 4 aromatic rings. The Morgan fingerprint density at radius 2 is 0.714 bits per heavy atom. The number of nitrogens with one attached hydrogen (secondary N) is 3. The van der Waals surface area contributed by atoms with Crippen molar-refractivity contribution in [3.63, 3.8) is 0 Å². The van der Waals surface area contributed by atoms with Gasteiger partial charge in [-0.25, -0.2) is 0 Å². The lowest BCUT2D eigenvalue weighted by atomic mass is 10.0. The molecule has 0 aliphatic rings. The summed E-state index contributed by atoms with van der Waals surface area (Å²) in [5, 5.41) is 8.98. The molecule has 3 N–H and O–H groups in total. The van der Waals surface area contributed by atoms with Crippen molar-refractivity contribution in [1.29, 1.82) is 0 Å². The highest BCUT2D eigenvalue weighted by molar-refractivity contribution is 6.13. The highest BCUT2D eigenvalue weighted by Crippen LogP contribution is 2.23. The Hall–Kier alpha value is -4.71. The molecule has 0 saturated heterocycles. The third-order valence-electron chi connectivity index (χ3n) is 7.07. The van der Waals surface area contributed by atoms with E-state index in [9.17, 15) is 14.4 Å². The van der Waals surface area contributed by atoms with Gasteiger partial charge in [-0.3, -0.25) is 14.4 Å². The minimum atomic E-state index is -0.389. The monoisotopic (exact) mass is 561 g/mol. The number of aryl methyl sites for hydroxylation is 3. The molecule has 6 nitrogen and oxygen atoms in total. The summed E-state index contributed by atoms with van der Waals surface area (Å²) in [4.78, 5) is 40.6. The van der Waals surface area contributed by atoms with Gasteiger partial charge >= 0.3 is 0 Å². The van der Waals surface area contributed by atoms with E-state index >= 15 is 0 Å². The fourth-order valence-electron chi connectivity index (χ4n) is 4.99. The smallest absolute Gasteiger partial charge is 0.255 e. The van der Waals surface area contributed by atoms with Gasteiger partial charge in [0.05, 0.1) is 0 Å². The fraction of sp³-hybridized carbons (Fsp3) is 0.250. The quantitative estimate of drug-likeness (QED) is 0.163. The van der Waals surface area contributed by atoms with Gasteiger partial charge in [-0.05, 0) is 72.4 Å². The number of hydrogen-bond acceptors (Lipinski definition) is 3. The maximum atomic E-state index is 13.5. The Morgan fingerprint density at radius 1 is 0.452 bits per heavy atom. The number of carbonyl (C=O) groups is 3. The number of para-hydroxylation sites is 3. The van der Waals surface area contributed by atoms with Crippen LogP contribution in [0.5, 0.6) is 0 Å². The molecule has 4 aromatic carbocycles. The Bertz CT molecular complexity index is 1360. The Balaban J connectivity index is 1.69. The lowest BCUT2D eigenvalue weighted by Crippen LogP contribution is -2.20. The molecule has 216 valence electrons. The zero-order valence-corrected chi connectivity index (χ0v) is 24.6. The SMILES string of the molecule is CCCc1ccccc1NC(=O)c1cc(C(=O)Nc2ccccc2CCC)cc(C(=O)Nc2ccccc2CCC)c1. The second-order valence-electron chi connectivity index (χ2n) is 10.4. The standard InChI is InChI=1S/C36H39N3O3/c1-4-13-25-16-7-10-19-31(25)37-34(40)28-22-29(35(41)38-32-20-11-8-17-26(32)14-5-2)24-30(23-28)36(42)39-33-21-12-9-18-27(33)15-6-3/h7-12,16-24H,4-6,13-15H2,1-3H3,(H,37,40)(H,38,41)(H,39,42). The average Bonchev–Trinajstić information content (AvgIpc) is 3.00. The first-order valence-electron chi connectivity index (χ1n) is 14.8. The van der Waals surface area contributed by atoms with Gasteiger partial charge in [0.1, 0.15) is 0 Å². The van der Waals surface area contributed by atoms with Crippen molar-refractivity contribution in [2.24, 2.45) is 0 Å². The minimum absolute atomic E-state index is 0.225. The summed E-state index contributed by atoms with van der Waals surface area (Å²) in [6.07, 6.45) is 5.27. The first kappa shape index (κ1) is 30.3. The van der Waals surface area contributed by atoms with E-state index in [1.165, 1.54) is 18.2 Å². The first-order chi connectivity index (χ1) is 20.4. The molecule has 0 aliphatic carbocycles. The molecule has 0 spiro atoms. The summed E-state index contributed by atoms with van der Waals surface area (Å²) < 4.78 is 0. The van der Waals surface area contributed by atoms with Gasteiger partial charge in [0.15, 0.2) is 0 Å². The maximum absolute atomic E-state index is 13.5. The van der Waals surface area contributed by atoms with E-state index in [-0.39, 0.29) is 34.4 Å². The van der Waals surface area contributed by atoms with Crippen molar-refractivity contribution in [2.45, 2.75) is 59.3 Å². The van der Waals surface area contributed by atoms with E-state index in [0.29, 0.717) is 17.1 Å². The molecule has 0 aliphatic heterocycles. The molecule has 42 heavy (non-hydrogen) atoms. The van der Waals surface area contributed by atoms with Crippen molar-refractivity contribution in [3.05, 3.63) is 124 Å². The van der Waals surface area contributed by atoms with Crippen LogP contribution in [0.4, 0.5) is 17.1 Å². The number of amides is 3. The van der Waals surface area contributed by atoms with E-state index in [4.69, 9.17) is 0 Å². The summed E-state index contributed by atoms with van der Waals surface area (Å²) >= 11 is 0. The largest absolute Gasteiger partial charge is 0.322 e. The molecule has 0 unspecified atom stereocenters. The topological polar surface area (TPSA) is 87.3 Å². The summed E-state index contributed by atoms with van der Waals surface area (Å²) in [6.45, 7) is 6.26. The number of benzene rings is 4. The molecule has 0 aromatic heterocycles. The third-order valence-corrected chi connectivity index (χ3v) is 7.07. The number of rotatable bonds is 12. The number of hydrogen-bond donors (Lipinski definition) is 3. The van der Waals surface area contributed by atoms with Crippen molar-refractivity contribution in [3.8, 4) is 0 Å². The summed E-state index contributed by atoms with van der Waals surface area (Å²) in [5.41, 5.74) is 5.90. The van der Waals surface area contributed by atoms with Gasteiger partial charge in [0.2, 0.25) is 0 Å². The first-order valence-corrected chi connectivity index (χ1v) is 14.8. The normalized spacial score (nSPS) is 10.6. The van der Waals surface area contributed by atoms with Crippen LogP contribution >= 0.6 is 0 Å². The molecule has 0 fully saturated rings. The van der Waals surface area contributed by atoms with Crippen LogP contribution < -0.4 is 16.0 Å². The molecular formula is C36H39N3O3. The molecule has 0 atom stereocenters. The Morgan fingerprint density at radius 3 is 0.976 bits per heavy atom. The minimum Gasteiger partial charge on any atom is -0.322 e. The fourth-order valence-corrected chi connectivity index (χ4v) is 4.99. The van der Waals surface area contributed by atoms with Gasteiger partial charge < -0.3 is 16.0 Å². The van der Waals surface area contributed by atoms with E-state index < -0.39 is 0 Å². The van der Waals surface area contributed by atoms with E-state index in [2.05, 4.69) is 36.7 Å². The van der Waals surface area contributed by atoms with Crippen molar-refractivity contribution < 1.29 is 14.4 Å². The van der Waals surface area contributed by atoms with Gasteiger partial charge in [-0.2, -0.15) is 0 Å². The second kappa shape index (κ2) is 14.8. The molecule has 0 bridgehead atoms. The third kappa shape index (κ3) is 7.72. The van der Waals surface area contributed by atoms with Gasteiger partial charge in [-0.1, -0.05) is 94.6 Å². The molecule has 0 saturated carbocycles. The zero-order chi connectivity index (χ0) is 29.9. The Kier molecular flexibility index (Phi) is 10.6. The lowest BCUT2D eigenvalue weighted by molar-refractivity contribution is 0.102. The van der Waals surface area contributed by atoms with Crippen LogP contribution in [-0.2, 0) is 19.3 Å². The van der Waals surface area contributed by atoms with Crippen molar-refractivity contribution in [2.75, 3.05) is 16.0 Å². The van der Waals surface area contributed by atoms with Crippen LogP contribution in [0.15, 0.2) is 91.0 Å². The van der Waals surface area contributed by atoms with Crippen LogP contribution in [0.2, 0.25) is 0 Å². The average molecular weight is 562 g/mol. The van der Waals surface area contributed by atoms with E-state index in [1.54, 1.807) is 0 Å². The summed E-state index contributed by atoms with van der Waals surface area (Å²) in [6, 6.07) is 27.6. The Labute approximate surface area is 248 Å². The molecular weight excluding hydrogens is 522 g/mol. The van der Waals surface area contributed by atoms with Crippen LogP contribution in [0, 0.1) is 0 Å². The molecule has 6 heteroatoms. The zero-order valence-electron chi connectivity index (χ0n) is 24.6. The second-order valence-corrected chi connectivity index (χ2v) is 10.4. The highest BCUT2D eigenvalue weighted by atomic mass is 16.2.